The molecule has 0 unspecified atom stereocenters. The summed E-state index contributed by atoms with van der Waals surface area (Å²) in [5.74, 6) is -0.0260. The number of carbonyl (C=O) groups is 2. The molecule has 0 fully saturated rings. The minimum Gasteiger partial charge on any atom is -0.457 e. The quantitative estimate of drug-likeness (QED) is 0.212. The molecule has 8 nitrogen and oxygen atoms in total. The summed E-state index contributed by atoms with van der Waals surface area (Å²) in [5.41, 5.74) is 2.08. The number of hydrogen-bond acceptors (Lipinski definition) is 6. The van der Waals surface area contributed by atoms with Crippen LogP contribution in [0.2, 0.25) is 0 Å². The van der Waals surface area contributed by atoms with Gasteiger partial charge in [0.15, 0.2) is 0 Å². The SMILES string of the molecule is CCOCOC[C@H](C[C@@H](C)C(=O)NO)NC(=O)c1ccc(Oc2ccccc2)cc1. The predicted octanol–water partition coefficient (Wildman–Crippen LogP) is 3.12. The van der Waals surface area contributed by atoms with Crippen molar-refractivity contribution in [3.05, 3.63) is 60.2 Å². The number of nitrogens with one attached hydrogen (secondary N) is 2. The highest BCUT2D eigenvalue weighted by Crippen LogP contribution is 2.21. The van der Waals surface area contributed by atoms with Crippen LogP contribution >= 0.6 is 0 Å². The molecule has 0 bridgehead atoms. The Hall–Kier alpha value is -2.94. The van der Waals surface area contributed by atoms with E-state index >= 15 is 0 Å². The van der Waals surface area contributed by atoms with Crippen molar-refractivity contribution in [1.29, 1.82) is 0 Å². The summed E-state index contributed by atoms with van der Waals surface area (Å²) >= 11 is 0. The van der Waals surface area contributed by atoms with E-state index in [1.807, 2.05) is 37.3 Å². The summed E-state index contributed by atoms with van der Waals surface area (Å²) < 4.78 is 16.3. The van der Waals surface area contributed by atoms with E-state index in [-0.39, 0.29) is 19.3 Å². The van der Waals surface area contributed by atoms with Crippen molar-refractivity contribution in [3.8, 4) is 11.5 Å². The lowest BCUT2D eigenvalue weighted by Crippen LogP contribution is -2.41. The number of carbonyl (C=O) groups excluding carboxylic acids is 2. The van der Waals surface area contributed by atoms with Gasteiger partial charge in [-0.3, -0.25) is 14.8 Å². The molecule has 0 heterocycles. The molecule has 0 saturated carbocycles. The first kappa shape index (κ1) is 23.3. The standard InChI is InChI=1S/C22H28N2O6/c1-3-28-15-29-14-18(13-16(2)21(25)24-27)23-22(26)17-9-11-20(12-10-17)30-19-7-5-4-6-8-19/h4-12,16,18,27H,3,13-15H2,1-2H3,(H,23,26)(H,24,25)/t16-,18+/m1/s1. The van der Waals surface area contributed by atoms with Gasteiger partial charge in [0, 0.05) is 18.1 Å². The summed E-state index contributed by atoms with van der Waals surface area (Å²) in [6.45, 7) is 4.28. The van der Waals surface area contributed by atoms with Crippen LogP contribution in [0.25, 0.3) is 0 Å². The van der Waals surface area contributed by atoms with E-state index in [1.165, 1.54) is 0 Å². The second kappa shape index (κ2) is 12.6. The molecule has 2 atom stereocenters. The molecule has 2 amide bonds. The van der Waals surface area contributed by atoms with Gasteiger partial charge < -0.3 is 19.5 Å². The zero-order valence-corrected chi connectivity index (χ0v) is 17.2. The van der Waals surface area contributed by atoms with Crippen LogP contribution in [0.15, 0.2) is 54.6 Å². The highest BCUT2D eigenvalue weighted by Gasteiger charge is 2.21. The van der Waals surface area contributed by atoms with Gasteiger partial charge in [-0.1, -0.05) is 25.1 Å². The third kappa shape index (κ3) is 7.82. The Morgan fingerprint density at radius 2 is 1.67 bits per heavy atom. The van der Waals surface area contributed by atoms with Crippen molar-refractivity contribution in [2.24, 2.45) is 5.92 Å². The van der Waals surface area contributed by atoms with Gasteiger partial charge in [-0.05, 0) is 49.7 Å². The number of amides is 2. The maximum atomic E-state index is 12.6. The molecule has 2 aromatic carbocycles. The van der Waals surface area contributed by atoms with Gasteiger partial charge in [0.05, 0.1) is 12.6 Å². The number of rotatable bonds is 12. The summed E-state index contributed by atoms with van der Waals surface area (Å²) in [6.07, 6.45) is 0.291. The van der Waals surface area contributed by atoms with Crippen LogP contribution in [0.1, 0.15) is 30.6 Å². The van der Waals surface area contributed by atoms with Crippen molar-refractivity contribution >= 4 is 11.8 Å². The summed E-state index contributed by atoms with van der Waals surface area (Å²) in [4.78, 5) is 24.3. The van der Waals surface area contributed by atoms with Gasteiger partial charge in [0.2, 0.25) is 5.91 Å². The first-order valence-electron chi connectivity index (χ1n) is 9.76. The van der Waals surface area contributed by atoms with Crippen molar-refractivity contribution in [2.75, 3.05) is 20.0 Å². The molecule has 30 heavy (non-hydrogen) atoms. The first-order chi connectivity index (χ1) is 14.5. The van der Waals surface area contributed by atoms with Crippen molar-refractivity contribution in [3.63, 3.8) is 0 Å². The lowest BCUT2D eigenvalue weighted by molar-refractivity contribution is -0.133. The van der Waals surface area contributed by atoms with Crippen molar-refractivity contribution in [1.82, 2.24) is 10.8 Å². The topological polar surface area (TPSA) is 106 Å². The maximum Gasteiger partial charge on any atom is 0.251 e. The van der Waals surface area contributed by atoms with E-state index in [2.05, 4.69) is 5.32 Å². The highest BCUT2D eigenvalue weighted by molar-refractivity contribution is 5.94. The zero-order valence-electron chi connectivity index (χ0n) is 17.2. The second-order valence-electron chi connectivity index (χ2n) is 6.70. The Labute approximate surface area is 176 Å². The molecule has 162 valence electrons. The third-order valence-electron chi connectivity index (χ3n) is 4.32. The smallest absolute Gasteiger partial charge is 0.251 e. The number of ether oxygens (including phenoxy) is 3. The summed E-state index contributed by atoms with van der Waals surface area (Å²) in [7, 11) is 0. The second-order valence-corrected chi connectivity index (χ2v) is 6.70. The molecular formula is C22H28N2O6. The van der Waals surface area contributed by atoms with E-state index in [4.69, 9.17) is 19.4 Å². The van der Waals surface area contributed by atoms with Crippen molar-refractivity contribution in [2.45, 2.75) is 26.3 Å². The fraction of sp³-hybridized carbons (Fsp3) is 0.364. The van der Waals surface area contributed by atoms with Crippen LogP contribution in [0.3, 0.4) is 0 Å². The van der Waals surface area contributed by atoms with E-state index in [0.29, 0.717) is 30.1 Å². The lowest BCUT2D eigenvalue weighted by Gasteiger charge is -2.21. The lowest BCUT2D eigenvalue weighted by atomic mass is 10.0. The number of hydrogen-bond donors (Lipinski definition) is 3. The summed E-state index contributed by atoms with van der Waals surface area (Å²) in [5, 5.41) is 11.7. The Bertz CT molecular complexity index is 782. The number of para-hydroxylation sites is 1. The van der Waals surface area contributed by atoms with Crippen molar-refractivity contribution < 1.29 is 29.0 Å². The fourth-order valence-corrected chi connectivity index (χ4v) is 2.71. The molecule has 0 aliphatic rings. The Balaban J connectivity index is 1.97. The minimum absolute atomic E-state index is 0.0922. The van der Waals surface area contributed by atoms with E-state index in [9.17, 15) is 9.59 Å². The molecule has 0 aliphatic heterocycles. The zero-order chi connectivity index (χ0) is 21.8. The van der Waals surface area contributed by atoms with E-state index < -0.39 is 17.9 Å². The molecule has 8 heteroatoms. The minimum atomic E-state index is -0.526. The molecule has 2 aromatic rings. The van der Waals surface area contributed by atoms with Crippen LogP contribution in [-0.4, -0.2) is 43.1 Å². The maximum absolute atomic E-state index is 12.6. The predicted molar refractivity (Wildman–Crippen MR) is 110 cm³/mol. The number of hydroxylamine groups is 1. The monoisotopic (exact) mass is 416 g/mol. The van der Waals surface area contributed by atoms with Crippen LogP contribution in [-0.2, 0) is 14.3 Å². The van der Waals surface area contributed by atoms with Gasteiger partial charge in [-0.15, -0.1) is 0 Å². The van der Waals surface area contributed by atoms with Gasteiger partial charge >= 0.3 is 0 Å². The molecule has 2 rings (SSSR count). The molecule has 0 aliphatic carbocycles. The van der Waals surface area contributed by atoms with Crippen LogP contribution < -0.4 is 15.5 Å². The Kier molecular flexibility index (Phi) is 9.79. The Morgan fingerprint density at radius 3 is 2.30 bits per heavy atom. The van der Waals surface area contributed by atoms with Crippen LogP contribution in [0.5, 0.6) is 11.5 Å². The molecule has 0 aromatic heterocycles. The van der Waals surface area contributed by atoms with E-state index in [1.54, 1.807) is 36.7 Å². The van der Waals surface area contributed by atoms with Gasteiger partial charge in [-0.2, -0.15) is 0 Å². The number of benzene rings is 2. The van der Waals surface area contributed by atoms with Gasteiger partial charge in [0.1, 0.15) is 18.3 Å². The summed E-state index contributed by atoms with van der Waals surface area (Å²) in [6, 6.07) is 15.7. The van der Waals surface area contributed by atoms with Crippen LogP contribution in [0.4, 0.5) is 0 Å². The average molecular weight is 416 g/mol. The average Bonchev–Trinajstić information content (AvgIpc) is 2.77. The molecule has 0 saturated heterocycles. The molecule has 3 N–H and O–H groups in total. The van der Waals surface area contributed by atoms with Gasteiger partial charge in [0.25, 0.3) is 5.91 Å². The first-order valence-corrected chi connectivity index (χ1v) is 9.76. The fourth-order valence-electron chi connectivity index (χ4n) is 2.71. The third-order valence-corrected chi connectivity index (χ3v) is 4.32. The molecule has 0 spiro atoms. The van der Waals surface area contributed by atoms with Gasteiger partial charge in [-0.25, -0.2) is 5.48 Å². The highest BCUT2D eigenvalue weighted by atomic mass is 16.7. The van der Waals surface area contributed by atoms with Crippen LogP contribution in [0, 0.1) is 5.92 Å². The normalized spacial score (nSPS) is 12.6. The Morgan fingerprint density at radius 1 is 1.00 bits per heavy atom. The molecular weight excluding hydrogens is 388 g/mol. The largest absolute Gasteiger partial charge is 0.457 e. The molecule has 0 radical (unpaired) electrons. The van der Waals surface area contributed by atoms with E-state index in [0.717, 1.165) is 0 Å².